The lowest BCUT2D eigenvalue weighted by atomic mass is 9.97. The largest absolute Gasteiger partial charge is 0.435 e. The molecule has 0 aliphatic carbocycles. The first-order valence-corrected chi connectivity index (χ1v) is 12.5. The van der Waals surface area contributed by atoms with E-state index in [9.17, 15) is 22.0 Å². The van der Waals surface area contributed by atoms with E-state index in [1.54, 1.807) is 24.3 Å². The molecule has 33 heavy (non-hydrogen) atoms. The Morgan fingerprint density at radius 2 is 1.67 bits per heavy atom. The summed E-state index contributed by atoms with van der Waals surface area (Å²) in [6, 6.07) is 13.3. The van der Waals surface area contributed by atoms with E-state index in [0.717, 1.165) is 11.1 Å². The molecule has 0 bridgehead atoms. The maximum absolute atomic E-state index is 12.9. The fourth-order valence-electron chi connectivity index (χ4n) is 3.84. The maximum atomic E-state index is 12.9. The number of carbonyl (C=O) groups excluding carboxylic acids is 1. The smallest absolute Gasteiger partial charge is 0.387 e. The third-order valence-corrected chi connectivity index (χ3v) is 7.78. The van der Waals surface area contributed by atoms with Crippen LogP contribution in [0.3, 0.4) is 0 Å². The molecule has 1 aliphatic heterocycles. The van der Waals surface area contributed by atoms with Crippen LogP contribution in [0.1, 0.15) is 43.7 Å². The van der Waals surface area contributed by atoms with Gasteiger partial charge in [0.2, 0.25) is 15.9 Å². The molecule has 1 fully saturated rings. The second-order valence-corrected chi connectivity index (χ2v) is 10.4. The van der Waals surface area contributed by atoms with Crippen molar-refractivity contribution in [1.82, 2.24) is 9.62 Å². The van der Waals surface area contributed by atoms with Gasteiger partial charge in [-0.2, -0.15) is 13.1 Å². The molecule has 6 nitrogen and oxygen atoms in total. The molecule has 0 atom stereocenters. The van der Waals surface area contributed by atoms with Gasteiger partial charge >= 0.3 is 6.61 Å². The van der Waals surface area contributed by atoms with Crippen molar-refractivity contribution in [3.05, 3.63) is 59.7 Å². The Bertz CT molecular complexity index is 1020. The Labute approximate surface area is 194 Å². The Morgan fingerprint density at radius 3 is 2.21 bits per heavy atom. The number of carbonyl (C=O) groups is 1. The molecule has 0 radical (unpaired) electrons. The van der Waals surface area contributed by atoms with E-state index in [2.05, 4.69) is 23.9 Å². The van der Waals surface area contributed by atoms with Crippen molar-refractivity contribution in [2.24, 2.45) is 5.92 Å². The molecule has 1 aliphatic rings. The Kier molecular flexibility index (Phi) is 8.42. The van der Waals surface area contributed by atoms with Crippen LogP contribution in [-0.2, 0) is 21.2 Å². The van der Waals surface area contributed by atoms with Gasteiger partial charge in [-0.15, -0.1) is 0 Å². The molecule has 0 aromatic heterocycles. The summed E-state index contributed by atoms with van der Waals surface area (Å²) in [5.74, 6) is 0.0952. The summed E-state index contributed by atoms with van der Waals surface area (Å²) in [4.78, 5) is 12.8. The highest BCUT2D eigenvalue weighted by molar-refractivity contribution is 7.89. The van der Waals surface area contributed by atoms with Crippen molar-refractivity contribution in [3.8, 4) is 5.75 Å². The lowest BCUT2D eigenvalue weighted by Crippen LogP contribution is -2.43. The van der Waals surface area contributed by atoms with E-state index in [1.807, 2.05) is 12.1 Å². The summed E-state index contributed by atoms with van der Waals surface area (Å²) in [6.07, 6.45) is 1.49. The molecule has 0 unspecified atom stereocenters. The summed E-state index contributed by atoms with van der Waals surface area (Å²) in [5.41, 5.74) is 1.98. The number of nitrogens with zero attached hydrogens (tertiary/aromatic N) is 1. The molecule has 1 N–H and O–H groups in total. The van der Waals surface area contributed by atoms with E-state index in [-0.39, 0.29) is 22.5 Å². The average Bonchev–Trinajstić information content (AvgIpc) is 2.80. The molecular formula is C24H30F2N2O4S. The first kappa shape index (κ1) is 25.1. The fourth-order valence-corrected chi connectivity index (χ4v) is 5.31. The molecule has 1 amide bonds. The SMILES string of the molecule is CC(C)c1ccc(S(=O)(=O)N2CCC(C(=O)NCCc3ccc(OC(F)F)cc3)CC2)cc1. The zero-order chi connectivity index (χ0) is 24.0. The van der Waals surface area contributed by atoms with Crippen LogP contribution in [0.2, 0.25) is 0 Å². The van der Waals surface area contributed by atoms with Crippen molar-refractivity contribution in [2.45, 2.75) is 50.5 Å². The second-order valence-electron chi connectivity index (χ2n) is 8.47. The minimum absolute atomic E-state index is 0.0917. The summed E-state index contributed by atoms with van der Waals surface area (Å²) in [5, 5.41) is 2.89. The number of amides is 1. The molecule has 0 spiro atoms. The number of piperidine rings is 1. The first-order valence-electron chi connectivity index (χ1n) is 11.1. The van der Waals surface area contributed by atoms with Crippen molar-refractivity contribution >= 4 is 15.9 Å². The normalized spacial score (nSPS) is 15.7. The number of rotatable bonds is 9. The highest BCUT2D eigenvalue weighted by Gasteiger charge is 2.32. The molecule has 1 saturated heterocycles. The van der Waals surface area contributed by atoms with Crippen LogP contribution in [0, 0.1) is 5.92 Å². The number of alkyl halides is 2. The standard InChI is InChI=1S/C24H30F2N2O4S/c1-17(2)19-5-9-22(10-6-19)33(30,31)28-15-12-20(13-16-28)23(29)27-14-11-18-3-7-21(8-4-18)32-24(25)26/h3-10,17,20,24H,11-16H2,1-2H3,(H,27,29). The number of halogens is 2. The van der Waals surface area contributed by atoms with Gasteiger partial charge < -0.3 is 10.1 Å². The summed E-state index contributed by atoms with van der Waals surface area (Å²) in [7, 11) is -3.57. The van der Waals surface area contributed by atoms with Gasteiger partial charge in [-0.05, 0) is 60.6 Å². The van der Waals surface area contributed by atoms with Crippen molar-refractivity contribution in [1.29, 1.82) is 0 Å². The van der Waals surface area contributed by atoms with Gasteiger partial charge in [-0.1, -0.05) is 38.1 Å². The van der Waals surface area contributed by atoms with Gasteiger partial charge in [0.25, 0.3) is 0 Å². The Morgan fingerprint density at radius 1 is 1.06 bits per heavy atom. The van der Waals surface area contributed by atoms with Gasteiger partial charge in [0.1, 0.15) is 5.75 Å². The molecule has 1 heterocycles. The molecule has 2 aromatic carbocycles. The Balaban J connectivity index is 1.45. The number of benzene rings is 2. The van der Waals surface area contributed by atoms with Crippen LogP contribution >= 0.6 is 0 Å². The first-order chi connectivity index (χ1) is 15.7. The number of hydrogen-bond acceptors (Lipinski definition) is 4. The van der Waals surface area contributed by atoms with Gasteiger partial charge in [0.15, 0.2) is 0 Å². The summed E-state index contributed by atoms with van der Waals surface area (Å²) >= 11 is 0. The van der Waals surface area contributed by atoms with Crippen LogP contribution in [-0.4, -0.2) is 44.9 Å². The predicted octanol–water partition coefficient (Wildman–Crippen LogP) is 4.17. The fraction of sp³-hybridized carbons (Fsp3) is 0.458. The quantitative estimate of drug-likeness (QED) is 0.585. The highest BCUT2D eigenvalue weighted by Crippen LogP contribution is 2.25. The van der Waals surface area contributed by atoms with Gasteiger partial charge in [-0.3, -0.25) is 4.79 Å². The van der Waals surface area contributed by atoms with Crippen LogP contribution in [0.5, 0.6) is 5.75 Å². The van der Waals surface area contributed by atoms with Crippen molar-refractivity contribution < 1.29 is 26.7 Å². The van der Waals surface area contributed by atoms with E-state index < -0.39 is 16.6 Å². The minimum atomic E-state index is -3.57. The van der Waals surface area contributed by atoms with E-state index in [1.165, 1.54) is 16.4 Å². The van der Waals surface area contributed by atoms with Crippen LogP contribution in [0.4, 0.5) is 8.78 Å². The summed E-state index contributed by atoms with van der Waals surface area (Å²) in [6.45, 7) is 2.27. The topological polar surface area (TPSA) is 75.7 Å². The maximum Gasteiger partial charge on any atom is 0.387 e. The number of hydrogen-bond donors (Lipinski definition) is 1. The molecular weight excluding hydrogens is 450 g/mol. The highest BCUT2D eigenvalue weighted by atomic mass is 32.2. The third kappa shape index (κ3) is 6.74. The zero-order valence-corrected chi connectivity index (χ0v) is 19.7. The number of nitrogens with one attached hydrogen (secondary N) is 1. The van der Waals surface area contributed by atoms with E-state index in [0.29, 0.717) is 44.8 Å². The molecule has 2 aromatic rings. The third-order valence-electron chi connectivity index (χ3n) is 5.87. The average molecular weight is 481 g/mol. The number of ether oxygens (including phenoxy) is 1. The van der Waals surface area contributed by atoms with E-state index >= 15 is 0 Å². The lowest BCUT2D eigenvalue weighted by molar-refractivity contribution is -0.126. The molecule has 3 rings (SSSR count). The van der Waals surface area contributed by atoms with Crippen molar-refractivity contribution in [3.63, 3.8) is 0 Å². The summed E-state index contributed by atoms with van der Waals surface area (Å²) < 4.78 is 56.0. The van der Waals surface area contributed by atoms with Crippen LogP contribution < -0.4 is 10.1 Å². The van der Waals surface area contributed by atoms with Crippen molar-refractivity contribution in [2.75, 3.05) is 19.6 Å². The van der Waals surface area contributed by atoms with Gasteiger partial charge in [0.05, 0.1) is 4.90 Å². The van der Waals surface area contributed by atoms with E-state index in [4.69, 9.17) is 0 Å². The molecule has 0 saturated carbocycles. The lowest BCUT2D eigenvalue weighted by Gasteiger charge is -2.30. The predicted molar refractivity (Wildman–Crippen MR) is 122 cm³/mol. The van der Waals surface area contributed by atoms with Gasteiger partial charge in [0, 0.05) is 25.6 Å². The zero-order valence-electron chi connectivity index (χ0n) is 18.8. The molecule has 180 valence electrons. The number of sulfonamides is 1. The Hall–Kier alpha value is -2.52. The van der Waals surface area contributed by atoms with Crippen LogP contribution in [0.15, 0.2) is 53.4 Å². The molecule has 9 heteroatoms. The monoisotopic (exact) mass is 480 g/mol. The minimum Gasteiger partial charge on any atom is -0.435 e. The van der Waals surface area contributed by atoms with Crippen LogP contribution in [0.25, 0.3) is 0 Å². The van der Waals surface area contributed by atoms with Gasteiger partial charge in [-0.25, -0.2) is 8.42 Å². The second kappa shape index (κ2) is 11.1.